The zero-order valence-electron chi connectivity index (χ0n) is 12.7. The third-order valence-electron chi connectivity index (χ3n) is 3.37. The molecule has 2 heterocycles. The Hall–Kier alpha value is -1.53. The van der Waals surface area contributed by atoms with E-state index in [0.29, 0.717) is 13.1 Å². The van der Waals surface area contributed by atoms with Gasteiger partial charge in [0.15, 0.2) is 5.96 Å². The van der Waals surface area contributed by atoms with Crippen molar-refractivity contribution in [2.45, 2.75) is 26.9 Å². The fourth-order valence-electron chi connectivity index (χ4n) is 2.08. The van der Waals surface area contributed by atoms with E-state index in [4.69, 9.17) is 11.6 Å². The van der Waals surface area contributed by atoms with Gasteiger partial charge in [-0.15, -0.1) is 11.3 Å². The highest BCUT2D eigenvalue weighted by Crippen LogP contribution is 2.20. The van der Waals surface area contributed by atoms with E-state index in [9.17, 15) is 0 Å². The van der Waals surface area contributed by atoms with E-state index in [0.717, 1.165) is 16.0 Å². The average Bonchev–Trinajstić information content (AvgIpc) is 2.96. The molecule has 21 heavy (non-hydrogen) atoms. The summed E-state index contributed by atoms with van der Waals surface area (Å²) in [6.07, 6.45) is 0. The summed E-state index contributed by atoms with van der Waals surface area (Å²) < 4.78 is 2.70. The topological polar surface area (TPSA) is 54.2 Å². The highest BCUT2D eigenvalue weighted by Gasteiger charge is 2.09. The van der Waals surface area contributed by atoms with Crippen LogP contribution in [-0.4, -0.2) is 22.8 Å². The number of aryl methyl sites for hydroxylation is 2. The van der Waals surface area contributed by atoms with Crippen molar-refractivity contribution in [3.05, 3.63) is 38.3 Å². The Morgan fingerprint density at radius 3 is 2.57 bits per heavy atom. The molecule has 2 aromatic heterocycles. The molecule has 0 radical (unpaired) electrons. The molecule has 7 heteroatoms. The Morgan fingerprint density at radius 1 is 1.33 bits per heavy atom. The zero-order valence-corrected chi connectivity index (χ0v) is 14.3. The van der Waals surface area contributed by atoms with Crippen molar-refractivity contribution in [3.63, 3.8) is 0 Å². The number of hydrogen-bond acceptors (Lipinski definition) is 3. The maximum absolute atomic E-state index is 5.92. The summed E-state index contributed by atoms with van der Waals surface area (Å²) in [5.41, 5.74) is 3.42. The number of thiophene rings is 1. The van der Waals surface area contributed by atoms with Crippen LogP contribution in [-0.2, 0) is 20.1 Å². The SMILES string of the molecule is CN=C(NCc1ccc(Cl)s1)NCc1c(C)nn(C)c1C. The lowest BCUT2D eigenvalue weighted by Crippen LogP contribution is -2.36. The number of nitrogens with one attached hydrogen (secondary N) is 2. The summed E-state index contributed by atoms with van der Waals surface area (Å²) >= 11 is 7.49. The van der Waals surface area contributed by atoms with Crippen molar-refractivity contribution < 1.29 is 0 Å². The maximum atomic E-state index is 5.92. The minimum absolute atomic E-state index is 0.705. The summed E-state index contributed by atoms with van der Waals surface area (Å²) in [7, 11) is 3.72. The Bertz CT molecular complexity index is 644. The van der Waals surface area contributed by atoms with Crippen LogP contribution >= 0.6 is 22.9 Å². The molecule has 0 aromatic carbocycles. The van der Waals surface area contributed by atoms with Gasteiger partial charge in [0.2, 0.25) is 0 Å². The normalized spacial score (nSPS) is 11.8. The van der Waals surface area contributed by atoms with E-state index in [-0.39, 0.29) is 0 Å². The molecule has 0 spiro atoms. The van der Waals surface area contributed by atoms with Gasteiger partial charge in [0.05, 0.1) is 16.6 Å². The van der Waals surface area contributed by atoms with Crippen molar-refractivity contribution in [1.82, 2.24) is 20.4 Å². The Kier molecular flexibility index (Phi) is 5.25. The number of aliphatic imine (C=N–C) groups is 1. The smallest absolute Gasteiger partial charge is 0.191 e. The fraction of sp³-hybridized carbons (Fsp3) is 0.429. The van der Waals surface area contributed by atoms with Crippen LogP contribution in [0.25, 0.3) is 0 Å². The molecule has 2 aromatic rings. The monoisotopic (exact) mass is 325 g/mol. The van der Waals surface area contributed by atoms with Crippen molar-refractivity contribution in [3.8, 4) is 0 Å². The van der Waals surface area contributed by atoms with Crippen LogP contribution in [0.2, 0.25) is 4.34 Å². The van der Waals surface area contributed by atoms with E-state index in [1.807, 2.05) is 30.8 Å². The molecule has 0 amide bonds. The van der Waals surface area contributed by atoms with Crippen LogP contribution in [0.15, 0.2) is 17.1 Å². The van der Waals surface area contributed by atoms with Gasteiger partial charge in [0.1, 0.15) is 0 Å². The summed E-state index contributed by atoms with van der Waals surface area (Å²) in [6.45, 7) is 5.51. The highest BCUT2D eigenvalue weighted by molar-refractivity contribution is 7.16. The van der Waals surface area contributed by atoms with Gasteiger partial charge in [0, 0.05) is 36.8 Å². The largest absolute Gasteiger partial charge is 0.352 e. The first-order valence-corrected chi connectivity index (χ1v) is 7.88. The predicted octanol–water partition coefficient (Wildman–Crippen LogP) is 2.62. The van der Waals surface area contributed by atoms with Gasteiger partial charge in [0.25, 0.3) is 0 Å². The van der Waals surface area contributed by atoms with E-state index >= 15 is 0 Å². The second-order valence-corrected chi connectivity index (χ2v) is 6.56. The lowest BCUT2D eigenvalue weighted by atomic mass is 10.2. The molecule has 0 saturated carbocycles. The number of rotatable bonds is 4. The van der Waals surface area contributed by atoms with Crippen LogP contribution < -0.4 is 10.6 Å². The van der Waals surface area contributed by atoms with Crippen molar-refractivity contribution >= 4 is 28.9 Å². The third-order valence-corrected chi connectivity index (χ3v) is 4.61. The molecule has 0 bridgehead atoms. The predicted molar refractivity (Wildman–Crippen MR) is 89.0 cm³/mol. The lowest BCUT2D eigenvalue weighted by molar-refractivity contribution is 0.728. The lowest BCUT2D eigenvalue weighted by Gasteiger charge is -2.11. The minimum atomic E-state index is 0.705. The summed E-state index contributed by atoms with van der Waals surface area (Å²) in [6, 6.07) is 3.92. The standard InChI is InChI=1S/C14H20ClN5S/c1-9-12(10(2)20(4)19-9)8-18-14(16-3)17-7-11-5-6-13(15)21-11/h5-6H,7-8H2,1-4H3,(H2,16,17,18). The van der Waals surface area contributed by atoms with Gasteiger partial charge in [-0.2, -0.15) is 5.10 Å². The maximum Gasteiger partial charge on any atom is 0.191 e. The molecule has 0 atom stereocenters. The second kappa shape index (κ2) is 6.95. The number of halogens is 1. The van der Waals surface area contributed by atoms with Gasteiger partial charge in [-0.05, 0) is 26.0 Å². The average molecular weight is 326 g/mol. The van der Waals surface area contributed by atoms with Crippen molar-refractivity contribution in [1.29, 1.82) is 0 Å². The number of aromatic nitrogens is 2. The molecule has 0 fully saturated rings. The Labute approximate surface area is 134 Å². The Balaban J connectivity index is 1.91. The molecule has 0 aliphatic heterocycles. The van der Waals surface area contributed by atoms with E-state index in [2.05, 4.69) is 27.6 Å². The van der Waals surface area contributed by atoms with Gasteiger partial charge in [-0.3, -0.25) is 9.67 Å². The van der Waals surface area contributed by atoms with Crippen molar-refractivity contribution in [2.75, 3.05) is 7.05 Å². The number of guanidine groups is 1. The minimum Gasteiger partial charge on any atom is -0.352 e. The van der Waals surface area contributed by atoms with Crippen LogP contribution in [0.1, 0.15) is 21.8 Å². The fourth-order valence-corrected chi connectivity index (χ4v) is 3.11. The molecule has 5 nitrogen and oxygen atoms in total. The Morgan fingerprint density at radius 2 is 2.05 bits per heavy atom. The number of hydrogen-bond donors (Lipinski definition) is 2. The molecule has 2 N–H and O–H groups in total. The van der Waals surface area contributed by atoms with Crippen LogP contribution in [0.4, 0.5) is 0 Å². The van der Waals surface area contributed by atoms with Gasteiger partial charge >= 0.3 is 0 Å². The van der Waals surface area contributed by atoms with E-state index in [1.165, 1.54) is 16.1 Å². The van der Waals surface area contributed by atoms with Crippen LogP contribution in [0, 0.1) is 13.8 Å². The first-order chi connectivity index (χ1) is 10.0. The zero-order chi connectivity index (χ0) is 15.4. The molecule has 2 rings (SSSR count). The first kappa shape index (κ1) is 15.9. The van der Waals surface area contributed by atoms with Crippen LogP contribution in [0.3, 0.4) is 0 Å². The summed E-state index contributed by atoms with van der Waals surface area (Å²) in [5.74, 6) is 0.766. The van der Waals surface area contributed by atoms with Gasteiger partial charge in [-0.1, -0.05) is 11.6 Å². The van der Waals surface area contributed by atoms with E-state index in [1.54, 1.807) is 18.4 Å². The third kappa shape index (κ3) is 3.98. The first-order valence-electron chi connectivity index (χ1n) is 6.69. The number of nitrogens with zero attached hydrogens (tertiary/aromatic N) is 3. The molecular weight excluding hydrogens is 306 g/mol. The molecule has 114 valence electrons. The van der Waals surface area contributed by atoms with Gasteiger partial charge in [-0.25, -0.2) is 0 Å². The molecule has 0 aliphatic carbocycles. The highest BCUT2D eigenvalue weighted by atomic mass is 35.5. The van der Waals surface area contributed by atoms with Gasteiger partial charge < -0.3 is 10.6 Å². The van der Waals surface area contributed by atoms with E-state index < -0.39 is 0 Å². The quantitative estimate of drug-likeness (QED) is 0.671. The summed E-state index contributed by atoms with van der Waals surface area (Å²) in [5, 5.41) is 11.0. The second-order valence-electron chi connectivity index (χ2n) is 4.76. The van der Waals surface area contributed by atoms with Crippen molar-refractivity contribution in [2.24, 2.45) is 12.0 Å². The molecular formula is C14H20ClN5S. The molecule has 0 unspecified atom stereocenters. The summed E-state index contributed by atoms with van der Waals surface area (Å²) in [4.78, 5) is 5.41. The van der Waals surface area contributed by atoms with Crippen LogP contribution in [0.5, 0.6) is 0 Å². The molecule has 0 saturated heterocycles. The molecule has 0 aliphatic rings.